The van der Waals surface area contributed by atoms with Gasteiger partial charge in [-0.25, -0.2) is 0 Å². The summed E-state index contributed by atoms with van der Waals surface area (Å²) in [6.07, 6.45) is 13.1. The fraction of sp³-hybridized carbons (Fsp3) is 0.652. The van der Waals surface area contributed by atoms with E-state index >= 15 is 0 Å². The van der Waals surface area contributed by atoms with E-state index in [4.69, 9.17) is 9.47 Å². The van der Waals surface area contributed by atoms with Gasteiger partial charge in [-0.2, -0.15) is 0 Å². The van der Waals surface area contributed by atoms with Crippen molar-refractivity contribution in [1.29, 1.82) is 0 Å². The number of ether oxygens (including phenoxy) is 2. The molecule has 0 amide bonds. The van der Waals surface area contributed by atoms with E-state index in [-0.39, 0.29) is 0 Å². The highest BCUT2D eigenvalue weighted by Crippen LogP contribution is 2.37. The van der Waals surface area contributed by atoms with Gasteiger partial charge in [0.1, 0.15) is 5.75 Å². The summed E-state index contributed by atoms with van der Waals surface area (Å²) in [5.74, 6) is 3.09. The molecular weight excluding hydrogens is 308 g/mol. The molecule has 1 aliphatic heterocycles. The van der Waals surface area contributed by atoms with Gasteiger partial charge in [-0.15, -0.1) is 0 Å². The van der Waals surface area contributed by atoms with Crippen LogP contribution in [-0.4, -0.2) is 19.8 Å². The van der Waals surface area contributed by atoms with Gasteiger partial charge in [0.2, 0.25) is 0 Å². The second kappa shape index (κ2) is 10.7. The Hall–Kier alpha value is -1.28. The van der Waals surface area contributed by atoms with Gasteiger partial charge in [0, 0.05) is 5.92 Å². The zero-order valence-corrected chi connectivity index (χ0v) is 16.5. The molecule has 0 radical (unpaired) electrons. The number of methoxy groups -OCH3 is 1. The van der Waals surface area contributed by atoms with E-state index < -0.39 is 0 Å². The Labute approximate surface area is 154 Å². The molecule has 0 bridgehead atoms. The third kappa shape index (κ3) is 6.18. The molecule has 2 unspecified atom stereocenters. The summed E-state index contributed by atoms with van der Waals surface area (Å²) < 4.78 is 11.0. The molecule has 0 aromatic heterocycles. The number of benzene rings is 1. The maximum Gasteiger partial charge on any atom is 0.118 e. The van der Waals surface area contributed by atoms with Crippen molar-refractivity contribution in [1.82, 2.24) is 0 Å². The van der Waals surface area contributed by atoms with Gasteiger partial charge in [0.15, 0.2) is 0 Å². The highest BCUT2D eigenvalue weighted by Gasteiger charge is 2.22. The monoisotopic (exact) mass is 344 g/mol. The van der Waals surface area contributed by atoms with Crippen molar-refractivity contribution < 1.29 is 9.47 Å². The molecule has 1 saturated carbocycles. The first-order valence-electron chi connectivity index (χ1n) is 10.2. The highest BCUT2D eigenvalue weighted by atomic mass is 16.5. The summed E-state index contributed by atoms with van der Waals surface area (Å²) in [5, 5.41) is 0. The number of allylic oxidation sites excluding steroid dienone is 1. The molecule has 2 heteroatoms. The lowest BCUT2D eigenvalue weighted by molar-refractivity contribution is 0.00752. The van der Waals surface area contributed by atoms with Crippen LogP contribution < -0.4 is 4.74 Å². The fourth-order valence-electron chi connectivity index (χ4n) is 3.89. The van der Waals surface area contributed by atoms with Gasteiger partial charge in [0.05, 0.1) is 19.8 Å². The average Bonchev–Trinajstić information content (AvgIpc) is 2.70. The summed E-state index contributed by atoms with van der Waals surface area (Å²) in [5.41, 5.74) is 1.47. The minimum atomic E-state index is 0.458. The van der Waals surface area contributed by atoms with E-state index in [1.807, 2.05) is 13.8 Å². The van der Waals surface area contributed by atoms with E-state index in [1.165, 1.54) is 44.1 Å². The highest BCUT2D eigenvalue weighted by molar-refractivity contribution is 5.29. The van der Waals surface area contributed by atoms with Crippen molar-refractivity contribution in [2.45, 2.75) is 71.3 Å². The van der Waals surface area contributed by atoms with Crippen LogP contribution in [0, 0.1) is 11.8 Å². The van der Waals surface area contributed by atoms with E-state index in [9.17, 15) is 0 Å². The molecule has 1 aliphatic carbocycles. The Morgan fingerprint density at radius 2 is 1.48 bits per heavy atom. The molecule has 25 heavy (non-hydrogen) atoms. The van der Waals surface area contributed by atoms with Crippen molar-refractivity contribution in [2.24, 2.45) is 11.8 Å². The largest absolute Gasteiger partial charge is 0.497 e. The SMILES string of the molecule is CC.COc1ccc(C2CCC(/C=C/C3CCC(C)OC3)CC2)cc1. The Bertz CT molecular complexity index is 489. The lowest BCUT2D eigenvalue weighted by atomic mass is 9.78. The molecule has 2 atom stereocenters. The standard InChI is InChI=1S/C21H30O2.C2H6/c1-16-3-4-18(15-23-16)6-5-17-7-9-19(10-8-17)20-11-13-21(22-2)14-12-20;1-2/h5-6,11-14,16-19H,3-4,7-10,15H2,1-2H3;1-2H3/b6-5+;. The number of hydrogen-bond acceptors (Lipinski definition) is 2. The van der Waals surface area contributed by atoms with Crippen LogP contribution in [0.15, 0.2) is 36.4 Å². The van der Waals surface area contributed by atoms with Crippen molar-refractivity contribution in [3.8, 4) is 5.75 Å². The van der Waals surface area contributed by atoms with E-state index in [0.717, 1.165) is 24.2 Å². The topological polar surface area (TPSA) is 18.5 Å². The van der Waals surface area contributed by atoms with Gasteiger partial charge in [0.25, 0.3) is 0 Å². The third-order valence-corrected chi connectivity index (χ3v) is 5.55. The van der Waals surface area contributed by atoms with Crippen molar-refractivity contribution in [3.05, 3.63) is 42.0 Å². The third-order valence-electron chi connectivity index (χ3n) is 5.55. The maximum atomic E-state index is 5.76. The van der Waals surface area contributed by atoms with Crippen LogP contribution in [-0.2, 0) is 4.74 Å². The first kappa shape index (κ1) is 20.0. The van der Waals surface area contributed by atoms with E-state index in [0.29, 0.717) is 12.0 Å². The molecule has 1 aromatic rings. The number of rotatable bonds is 4. The van der Waals surface area contributed by atoms with Gasteiger partial charge >= 0.3 is 0 Å². The summed E-state index contributed by atoms with van der Waals surface area (Å²) in [7, 11) is 1.73. The molecule has 0 spiro atoms. The van der Waals surface area contributed by atoms with E-state index in [2.05, 4.69) is 43.3 Å². The molecule has 1 aromatic carbocycles. The molecule has 2 nitrogen and oxygen atoms in total. The fourth-order valence-corrected chi connectivity index (χ4v) is 3.89. The lowest BCUT2D eigenvalue weighted by Gasteiger charge is -2.28. The van der Waals surface area contributed by atoms with Crippen LogP contribution in [0.5, 0.6) is 5.75 Å². The Kier molecular flexibility index (Phi) is 8.54. The maximum absolute atomic E-state index is 5.76. The number of hydrogen-bond donors (Lipinski definition) is 0. The molecule has 1 saturated heterocycles. The summed E-state index contributed by atoms with van der Waals surface area (Å²) in [6, 6.07) is 8.65. The predicted octanol–water partition coefficient (Wildman–Crippen LogP) is 6.37. The summed E-state index contributed by atoms with van der Waals surface area (Å²) in [6.45, 7) is 7.10. The summed E-state index contributed by atoms with van der Waals surface area (Å²) >= 11 is 0. The van der Waals surface area contributed by atoms with Crippen LogP contribution in [0.1, 0.15) is 70.8 Å². The summed E-state index contributed by atoms with van der Waals surface area (Å²) in [4.78, 5) is 0. The van der Waals surface area contributed by atoms with Crippen LogP contribution in [0.4, 0.5) is 0 Å². The normalized spacial score (nSPS) is 29.8. The zero-order valence-electron chi connectivity index (χ0n) is 16.5. The van der Waals surface area contributed by atoms with Crippen molar-refractivity contribution in [3.63, 3.8) is 0 Å². The van der Waals surface area contributed by atoms with Gasteiger partial charge in [-0.1, -0.05) is 38.1 Å². The second-order valence-electron chi connectivity index (χ2n) is 7.25. The average molecular weight is 345 g/mol. The quantitative estimate of drug-likeness (QED) is 0.591. The minimum absolute atomic E-state index is 0.458. The van der Waals surface area contributed by atoms with Crippen LogP contribution in [0.3, 0.4) is 0 Å². The van der Waals surface area contributed by atoms with Crippen molar-refractivity contribution in [2.75, 3.05) is 13.7 Å². The van der Waals surface area contributed by atoms with Crippen LogP contribution in [0.2, 0.25) is 0 Å². The molecular formula is C23H36O2. The van der Waals surface area contributed by atoms with Gasteiger partial charge in [-0.05, 0) is 75.0 Å². The van der Waals surface area contributed by atoms with Crippen molar-refractivity contribution >= 4 is 0 Å². The zero-order chi connectivity index (χ0) is 18.1. The molecule has 0 N–H and O–H groups in total. The first-order valence-corrected chi connectivity index (χ1v) is 10.2. The Morgan fingerprint density at radius 3 is 2.04 bits per heavy atom. The molecule has 3 rings (SSSR count). The minimum Gasteiger partial charge on any atom is -0.497 e. The van der Waals surface area contributed by atoms with E-state index in [1.54, 1.807) is 7.11 Å². The Balaban J connectivity index is 0.00000109. The van der Waals surface area contributed by atoms with Crippen LogP contribution in [0.25, 0.3) is 0 Å². The second-order valence-corrected chi connectivity index (χ2v) is 7.25. The molecule has 1 heterocycles. The van der Waals surface area contributed by atoms with Crippen LogP contribution >= 0.6 is 0 Å². The van der Waals surface area contributed by atoms with Gasteiger partial charge in [-0.3, -0.25) is 0 Å². The molecule has 140 valence electrons. The molecule has 2 aliphatic rings. The predicted molar refractivity (Wildman–Crippen MR) is 106 cm³/mol. The van der Waals surface area contributed by atoms with Gasteiger partial charge < -0.3 is 9.47 Å². The smallest absolute Gasteiger partial charge is 0.118 e. The first-order chi connectivity index (χ1) is 12.2. The molecule has 2 fully saturated rings. The lowest BCUT2D eigenvalue weighted by Crippen LogP contribution is -2.22. The Morgan fingerprint density at radius 1 is 0.880 bits per heavy atom.